The highest BCUT2D eigenvalue weighted by Crippen LogP contribution is 2.19. The van der Waals surface area contributed by atoms with Crippen molar-refractivity contribution in [1.82, 2.24) is 10.2 Å². The van der Waals surface area contributed by atoms with Crippen LogP contribution >= 0.6 is 0 Å². The van der Waals surface area contributed by atoms with Gasteiger partial charge in [0.1, 0.15) is 12.4 Å². The summed E-state index contributed by atoms with van der Waals surface area (Å²) < 4.78 is 5.58. The number of piperidine rings is 1. The van der Waals surface area contributed by atoms with Gasteiger partial charge in [-0.25, -0.2) is 0 Å². The number of hydrogen-bond acceptors (Lipinski definition) is 4. The van der Waals surface area contributed by atoms with E-state index in [1.54, 1.807) is 0 Å². The van der Waals surface area contributed by atoms with Crippen molar-refractivity contribution in [3.63, 3.8) is 0 Å². The van der Waals surface area contributed by atoms with Gasteiger partial charge in [-0.05, 0) is 45.0 Å². The fourth-order valence-electron chi connectivity index (χ4n) is 2.88. The van der Waals surface area contributed by atoms with E-state index < -0.39 is 0 Å². The number of ether oxygens (including phenoxy) is 1. The summed E-state index contributed by atoms with van der Waals surface area (Å²) in [6, 6.07) is 8.66. The van der Waals surface area contributed by atoms with Gasteiger partial charge in [-0.15, -0.1) is 0 Å². The topological polar surface area (TPSA) is 44.7 Å². The molecule has 2 N–H and O–H groups in total. The van der Waals surface area contributed by atoms with Crippen molar-refractivity contribution in [3.8, 4) is 5.75 Å². The minimum absolute atomic E-state index is 0.0532. The van der Waals surface area contributed by atoms with Crippen LogP contribution in [-0.2, 0) is 6.54 Å². The second-order valence-corrected chi connectivity index (χ2v) is 5.68. The van der Waals surface area contributed by atoms with Crippen molar-refractivity contribution in [1.29, 1.82) is 0 Å². The van der Waals surface area contributed by atoms with Crippen LogP contribution in [0.2, 0.25) is 0 Å². The molecule has 0 aromatic heterocycles. The largest absolute Gasteiger partial charge is 0.491 e. The predicted molar refractivity (Wildman–Crippen MR) is 85.6 cm³/mol. The molecule has 0 bridgehead atoms. The third-order valence-electron chi connectivity index (χ3n) is 4.03. The molecule has 1 aromatic carbocycles. The van der Waals surface area contributed by atoms with Crippen LogP contribution in [0.1, 0.15) is 31.7 Å². The SMILES string of the molecule is CCCN1CCC(NCc2ccccc2OCCO)CC1. The monoisotopic (exact) mass is 292 g/mol. The summed E-state index contributed by atoms with van der Waals surface area (Å²) >= 11 is 0. The Balaban J connectivity index is 1.78. The number of aliphatic hydroxyl groups excluding tert-OH is 1. The molecular weight excluding hydrogens is 264 g/mol. The molecule has 118 valence electrons. The van der Waals surface area contributed by atoms with Crippen LogP contribution in [-0.4, -0.2) is 48.9 Å². The highest BCUT2D eigenvalue weighted by molar-refractivity contribution is 5.33. The Hall–Kier alpha value is -1.10. The zero-order chi connectivity index (χ0) is 14.9. The summed E-state index contributed by atoms with van der Waals surface area (Å²) in [5.41, 5.74) is 1.17. The molecule has 0 atom stereocenters. The lowest BCUT2D eigenvalue weighted by molar-refractivity contribution is 0.194. The van der Waals surface area contributed by atoms with Gasteiger partial charge in [-0.2, -0.15) is 0 Å². The van der Waals surface area contributed by atoms with Gasteiger partial charge >= 0.3 is 0 Å². The molecule has 1 fully saturated rings. The second kappa shape index (κ2) is 9.03. The molecule has 0 saturated carbocycles. The van der Waals surface area contributed by atoms with Gasteiger partial charge in [-0.1, -0.05) is 25.1 Å². The molecule has 0 unspecified atom stereocenters. The molecule has 0 radical (unpaired) electrons. The van der Waals surface area contributed by atoms with E-state index in [1.165, 1.54) is 44.5 Å². The lowest BCUT2D eigenvalue weighted by Crippen LogP contribution is -2.42. The van der Waals surface area contributed by atoms with Crippen LogP contribution < -0.4 is 10.1 Å². The van der Waals surface area contributed by atoms with Crippen LogP contribution in [0.15, 0.2) is 24.3 Å². The number of nitrogens with one attached hydrogen (secondary N) is 1. The van der Waals surface area contributed by atoms with Crippen LogP contribution in [0.25, 0.3) is 0 Å². The molecule has 1 heterocycles. The molecule has 1 saturated heterocycles. The second-order valence-electron chi connectivity index (χ2n) is 5.68. The van der Waals surface area contributed by atoms with Crippen molar-refractivity contribution in [2.24, 2.45) is 0 Å². The normalized spacial score (nSPS) is 17.0. The van der Waals surface area contributed by atoms with Gasteiger partial charge < -0.3 is 20.1 Å². The first-order chi connectivity index (χ1) is 10.3. The zero-order valence-electron chi connectivity index (χ0n) is 13.1. The molecule has 4 nitrogen and oxygen atoms in total. The Kier molecular flexibility index (Phi) is 7.00. The average Bonchev–Trinajstić information content (AvgIpc) is 2.53. The number of benzene rings is 1. The summed E-state index contributed by atoms with van der Waals surface area (Å²) in [7, 11) is 0. The van der Waals surface area contributed by atoms with Gasteiger partial charge in [0.05, 0.1) is 6.61 Å². The van der Waals surface area contributed by atoms with Crippen LogP contribution in [0.3, 0.4) is 0 Å². The van der Waals surface area contributed by atoms with Gasteiger partial charge in [0.2, 0.25) is 0 Å². The number of aliphatic hydroxyl groups is 1. The summed E-state index contributed by atoms with van der Waals surface area (Å²) in [5, 5.41) is 12.5. The summed E-state index contributed by atoms with van der Waals surface area (Å²) in [6.45, 7) is 7.12. The van der Waals surface area contributed by atoms with Gasteiger partial charge in [0.25, 0.3) is 0 Å². The first kappa shape index (κ1) is 16.3. The minimum atomic E-state index is 0.0532. The Morgan fingerprint density at radius 3 is 2.76 bits per heavy atom. The van der Waals surface area contributed by atoms with Crippen molar-refractivity contribution in [2.45, 2.75) is 38.8 Å². The maximum absolute atomic E-state index is 8.88. The molecule has 2 rings (SSSR count). The summed E-state index contributed by atoms with van der Waals surface area (Å²) in [4.78, 5) is 2.55. The average molecular weight is 292 g/mol. The molecule has 0 spiro atoms. The van der Waals surface area contributed by atoms with E-state index in [4.69, 9.17) is 9.84 Å². The van der Waals surface area contributed by atoms with E-state index in [0.717, 1.165) is 12.3 Å². The third kappa shape index (κ3) is 5.30. The maximum atomic E-state index is 8.88. The van der Waals surface area contributed by atoms with Crippen LogP contribution in [0.4, 0.5) is 0 Å². The standard InChI is InChI=1S/C17H28N2O2/c1-2-9-19-10-7-16(8-11-19)18-14-15-5-3-4-6-17(15)21-13-12-20/h3-6,16,18,20H,2,7-14H2,1H3. The molecule has 1 aliphatic rings. The Morgan fingerprint density at radius 1 is 1.29 bits per heavy atom. The highest BCUT2D eigenvalue weighted by atomic mass is 16.5. The molecule has 1 aliphatic heterocycles. The Morgan fingerprint density at radius 2 is 2.05 bits per heavy atom. The third-order valence-corrected chi connectivity index (χ3v) is 4.03. The van der Waals surface area contributed by atoms with Gasteiger partial charge in [0.15, 0.2) is 0 Å². The molecule has 4 heteroatoms. The molecular formula is C17H28N2O2. The first-order valence-electron chi connectivity index (χ1n) is 8.10. The minimum Gasteiger partial charge on any atom is -0.491 e. The first-order valence-corrected chi connectivity index (χ1v) is 8.10. The Labute approximate surface area is 128 Å². The van der Waals surface area contributed by atoms with Crippen molar-refractivity contribution < 1.29 is 9.84 Å². The van der Waals surface area contributed by atoms with Crippen molar-refractivity contribution in [3.05, 3.63) is 29.8 Å². The fourth-order valence-corrected chi connectivity index (χ4v) is 2.88. The maximum Gasteiger partial charge on any atom is 0.123 e. The fraction of sp³-hybridized carbons (Fsp3) is 0.647. The summed E-state index contributed by atoms with van der Waals surface area (Å²) in [5.74, 6) is 0.877. The quantitative estimate of drug-likeness (QED) is 0.769. The molecule has 1 aromatic rings. The smallest absolute Gasteiger partial charge is 0.123 e. The lowest BCUT2D eigenvalue weighted by atomic mass is 10.0. The molecule has 21 heavy (non-hydrogen) atoms. The van der Waals surface area contributed by atoms with Gasteiger partial charge in [0, 0.05) is 18.2 Å². The molecule has 0 aliphatic carbocycles. The summed E-state index contributed by atoms with van der Waals surface area (Å²) in [6.07, 6.45) is 3.69. The van der Waals surface area contributed by atoms with E-state index >= 15 is 0 Å². The number of hydrogen-bond donors (Lipinski definition) is 2. The number of rotatable bonds is 8. The number of nitrogens with zero attached hydrogens (tertiary/aromatic N) is 1. The van der Waals surface area contributed by atoms with Crippen LogP contribution in [0, 0.1) is 0 Å². The zero-order valence-corrected chi connectivity index (χ0v) is 13.1. The van der Waals surface area contributed by atoms with Crippen LogP contribution in [0.5, 0.6) is 5.75 Å². The van der Waals surface area contributed by atoms with Crippen molar-refractivity contribution in [2.75, 3.05) is 32.8 Å². The molecule has 0 amide bonds. The van der Waals surface area contributed by atoms with E-state index in [1.807, 2.05) is 18.2 Å². The number of para-hydroxylation sites is 1. The Bertz CT molecular complexity index is 404. The lowest BCUT2D eigenvalue weighted by Gasteiger charge is -2.32. The van der Waals surface area contributed by atoms with Gasteiger partial charge in [-0.3, -0.25) is 0 Å². The highest BCUT2D eigenvalue weighted by Gasteiger charge is 2.18. The van der Waals surface area contributed by atoms with E-state index in [0.29, 0.717) is 12.6 Å². The van der Waals surface area contributed by atoms with E-state index in [-0.39, 0.29) is 6.61 Å². The van der Waals surface area contributed by atoms with E-state index in [9.17, 15) is 0 Å². The number of likely N-dealkylation sites (tertiary alicyclic amines) is 1. The van der Waals surface area contributed by atoms with E-state index in [2.05, 4.69) is 23.2 Å². The van der Waals surface area contributed by atoms with Crippen molar-refractivity contribution >= 4 is 0 Å². The predicted octanol–water partition coefficient (Wildman–Crippen LogP) is 2.02.